The number of ether oxygens (including phenoxy) is 1. The number of methoxy groups -OCH3 is 1. The lowest BCUT2D eigenvalue weighted by Crippen LogP contribution is -2.34. The molecule has 1 heterocycles. The molecule has 0 saturated carbocycles. The van der Waals surface area contributed by atoms with Gasteiger partial charge in [-0.25, -0.2) is 4.99 Å². The van der Waals surface area contributed by atoms with Gasteiger partial charge in [-0.2, -0.15) is 4.99 Å². The van der Waals surface area contributed by atoms with Gasteiger partial charge in [0, 0.05) is 5.56 Å². The van der Waals surface area contributed by atoms with Crippen LogP contribution in [0.3, 0.4) is 0 Å². The number of phenolic OH excluding ortho intramolecular Hbond substituents is 1. The summed E-state index contributed by atoms with van der Waals surface area (Å²) < 4.78 is 5.47. The first-order valence-corrected chi connectivity index (χ1v) is 11.4. The van der Waals surface area contributed by atoms with Crippen LogP contribution in [0.5, 0.6) is 5.75 Å². The number of para-hydroxylation sites is 1. The molecular weight excluding hydrogens is 410 g/mol. The molecule has 5 nitrogen and oxygen atoms in total. The van der Waals surface area contributed by atoms with Crippen LogP contribution in [0.1, 0.15) is 52.4 Å². The monoisotopic (exact) mass is 435 g/mol. The first kappa shape index (κ1) is 19.8. The lowest BCUT2D eigenvalue weighted by Gasteiger charge is -2.28. The van der Waals surface area contributed by atoms with Gasteiger partial charge in [0.1, 0.15) is 11.6 Å². The van der Waals surface area contributed by atoms with Crippen molar-refractivity contribution in [2.45, 2.75) is 31.8 Å². The van der Waals surface area contributed by atoms with Crippen molar-refractivity contribution in [3.05, 3.63) is 88.0 Å². The summed E-state index contributed by atoms with van der Waals surface area (Å²) in [6, 6.07) is 14.3. The maximum Gasteiger partial charge on any atom is 0.315 e. The summed E-state index contributed by atoms with van der Waals surface area (Å²) in [5, 5.41) is 16.4. The van der Waals surface area contributed by atoms with Gasteiger partial charge in [0.25, 0.3) is 0 Å². The van der Waals surface area contributed by atoms with E-state index in [9.17, 15) is 5.11 Å². The molecule has 0 fully saturated rings. The second kappa shape index (κ2) is 7.93. The molecule has 3 aliphatic rings. The van der Waals surface area contributed by atoms with Crippen molar-refractivity contribution >= 4 is 34.8 Å². The third-order valence-corrected chi connectivity index (χ3v) is 6.71. The zero-order chi connectivity index (χ0) is 22.4. The van der Waals surface area contributed by atoms with Crippen molar-refractivity contribution in [2.24, 2.45) is 9.98 Å². The number of aromatic hydroxyl groups is 1. The molecule has 0 radical (unpaired) electrons. The lowest BCUT2D eigenvalue weighted by molar-refractivity contribution is 0.386. The number of nitrogens with zero attached hydrogens (tertiary/aromatic N) is 2. The topological polar surface area (TPSA) is 66.2 Å². The molecule has 164 valence electrons. The van der Waals surface area contributed by atoms with Gasteiger partial charge in [0.15, 0.2) is 6.17 Å². The summed E-state index contributed by atoms with van der Waals surface area (Å²) in [7, 11) is 1.58. The maximum absolute atomic E-state index is 10.4. The van der Waals surface area contributed by atoms with Crippen molar-refractivity contribution < 1.29 is 9.84 Å². The molecular formula is C28H25N3O2. The molecule has 0 amide bonds. The van der Waals surface area contributed by atoms with Gasteiger partial charge < -0.3 is 15.2 Å². The highest BCUT2D eigenvalue weighted by Crippen LogP contribution is 2.39. The molecule has 3 aromatic carbocycles. The molecule has 0 saturated heterocycles. The molecule has 1 aliphatic heterocycles. The van der Waals surface area contributed by atoms with E-state index in [1.165, 1.54) is 33.0 Å². The SMILES string of the molecule is COC1=NC(c2cc3c4c(ccc3c3c2CCC=C3)CCC=C4)NC(c2ccccc2O)=N1. The largest absolute Gasteiger partial charge is 0.507 e. The van der Waals surface area contributed by atoms with Crippen molar-refractivity contribution in [3.63, 3.8) is 0 Å². The van der Waals surface area contributed by atoms with Gasteiger partial charge in [-0.1, -0.05) is 48.6 Å². The minimum absolute atomic E-state index is 0.169. The Morgan fingerprint density at radius 1 is 0.970 bits per heavy atom. The van der Waals surface area contributed by atoms with Gasteiger partial charge in [0.05, 0.1) is 12.7 Å². The molecule has 6 rings (SSSR count). The maximum atomic E-state index is 10.4. The first-order chi connectivity index (χ1) is 16.2. The van der Waals surface area contributed by atoms with E-state index in [0.29, 0.717) is 17.4 Å². The molecule has 2 N–H and O–H groups in total. The number of fused-ring (bicyclic) bond motifs is 5. The highest BCUT2D eigenvalue weighted by molar-refractivity contribution is 6.08. The Morgan fingerprint density at radius 3 is 2.64 bits per heavy atom. The minimum Gasteiger partial charge on any atom is -0.507 e. The molecule has 1 unspecified atom stereocenters. The van der Waals surface area contributed by atoms with E-state index >= 15 is 0 Å². The van der Waals surface area contributed by atoms with Crippen LogP contribution >= 0.6 is 0 Å². The molecule has 0 aromatic heterocycles. The van der Waals surface area contributed by atoms with E-state index < -0.39 is 0 Å². The van der Waals surface area contributed by atoms with Crippen LogP contribution in [0.15, 0.2) is 64.6 Å². The second-order valence-electron chi connectivity index (χ2n) is 8.61. The third kappa shape index (κ3) is 3.32. The number of hydrogen-bond donors (Lipinski definition) is 2. The highest BCUT2D eigenvalue weighted by atomic mass is 16.5. The quantitative estimate of drug-likeness (QED) is 0.557. The number of aliphatic imine (C=N–C) groups is 2. The normalized spacial score (nSPS) is 18.8. The first-order valence-electron chi connectivity index (χ1n) is 11.4. The average Bonchev–Trinajstić information content (AvgIpc) is 2.88. The smallest absolute Gasteiger partial charge is 0.315 e. The fourth-order valence-electron chi connectivity index (χ4n) is 5.12. The van der Waals surface area contributed by atoms with Crippen molar-refractivity contribution in [1.29, 1.82) is 0 Å². The number of nitrogens with one attached hydrogen (secondary N) is 1. The molecule has 5 heteroatoms. The number of rotatable bonds is 2. The van der Waals surface area contributed by atoms with Gasteiger partial charge in [-0.05, 0) is 76.9 Å². The second-order valence-corrected chi connectivity index (χ2v) is 8.61. The molecule has 2 aliphatic carbocycles. The standard InChI is InChI=1S/C28H25N3O2/c1-33-28-30-26(22-12-6-7-13-25(22)32)29-27(31-28)24-16-23-18-9-3-2-8-17(18)14-15-21(23)19-10-4-5-11-20(19)24/h3-4,6-7,9-10,12-16,27,32H,2,5,8,11H2,1H3,(H,29,30,31). The Hall–Kier alpha value is -3.86. The van der Waals surface area contributed by atoms with E-state index in [0.717, 1.165) is 31.2 Å². The van der Waals surface area contributed by atoms with Crippen molar-refractivity contribution in [3.8, 4) is 5.75 Å². The van der Waals surface area contributed by atoms with E-state index in [4.69, 9.17) is 9.73 Å². The predicted octanol–water partition coefficient (Wildman–Crippen LogP) is 5.52. The summed E-state index contributed by atoms with van der Waals surface area (Å²) in [6.45, 7) is 0. The number of benzene rings is 3. The fourth-order valence-corrected chi connectivity index (χ4v) is 5.12. The van der Waals surface area contributed by atoms with E-state index in [1.807, 2.05) is 12.1 Å². The van der Waals surface area contributed by atoms with Crippen LogP contribution in [-0.4, -0.2) is 24.1 Å². The molecule has 33 heavy (non-hydrogen) atoms. The number of aryl methyl sites for hydroxylation is 1. The van der Waals surface area contributed by atoms with Crippen LogP contribution in [-0.2, 0) is 17.6 Å². The van der Waals surface area contributed by atoms with Gasteiger partial charge in [-0.3, -0.25) is 0 Å². The predicted molar refractivity (Wildman–Crippen MR) is 134 cm³/mol. The zero-order valence-electron chi connectivity index (χ0n) is 18.5. The molecule has 0 spiro atoms. The number of allylic oxidation sites excluding steroid dienone is 2. The summed E-state index contributed by atoms with van der Waals surface area (Å²) >= 11 is 0. The summed E-state index contributed by atoms with van der Waals surface area (Å²) in [4.78, 5) is 9.27. The van der Waals surface area contributed by atoms with Crippen LogP contribution in [0, 0.1) is 0 Å². The Kier molecular flexibility index (Phi) is 4.75. The van der Waals surface area contributed by atoms with Crippen LogP contribution in [0.25, 0.3) is 22.9 Å². The zero-order valence-corrected chi connectivity index (χ0v) is 18.5. The lowest BCUT2D eigenvalue weighted by atomic mass is 9.83. The number of amidine groups is 2. The summed E-state index contributed by atoms with van der Waals surface area (Å²) in [5.74, 6) is 0.725. The average molecular weight is 436 g/mol. The van der Waals surface area contributed by atoms with Crippen LogP contribution < -0.4 is 5.32 Å². The summed E-state index contributed by atoms with van der Waals surface area (Å²) in [6.07, 6.45) is 12.8. The number of phenols is 1. The third-order valence-electron chi connectivity index (χ3n) is 6.71. The fraction of sp³-hybridized carbons (Fsp3) is 0.214. The van der Waals surface area contributed by atoms with Gasteiger partial charge in [-0.15, -0.1) is 0 Å². The molecule has 3 aromatic rings. The van der Waals surface area contributed by atoms with Gasteiger partial charge >= 0.3 is 6.02 Å². The van der Waals surface area contributed by atoms with Gasteiger partial charge in [0.2, 0.25) is 0 Å². The number of hydrogen-bond acceptors (Lipinski definition) is 5. The Labute approximate surface area is 192 Å². The Bertz CT molecular complexity index is 1400. The summed E-state index contributed by atoms with van der Waals surface area (Å²) in [5.41, 5.74) is 7.04. The van der Waals surface area contributed by atoms with E-state index in [1.54, 1.807) is 19.2 Å². The molecule has 1 atom stereocenters. The van der Waals surface area contributed by atoms with E-state index in [2.05, 4.69) is 52.8 Å². The van der Waals surface area contributed by atoms with Crippen molar-refractivity contribution in [1.82, 2.24) is 5.32 Å². The Morgan fingerprint density at radius 2 is 1.79 bits per heavy atom. The Balaban J connectivity index is 1.55. The van der Waals surface area contributed by atoms with Crippen LogP contribution in [0.2, 0.25) is 0 Å². The van der Waals surface area contributed by atoms with Crippen molar-refractivity contribution in [2.75, 3.05) is 7.11 Å². The van der Waals surface area contributed by atoms with Crippen LogP contribution in [0.4, 0.5) is 0 Å². The molecule has 0 bridgehead atoms. The minimum atomic E-state index is -0.361. The highest BCUT2D eigenvalue weighted by Gasteiger charge is 2.27. The van der Waals surface area contributed by atoms with E-state index in [-0.39, 0.29) is 11.9 Å².